The Labute approximate surface area is 143 Å². The lowest BCUT2D eigenvalue weighted by atomic mass is 9.59. The lowest BCUT2D eigenvalue weighted by molar-refractivity contribution is 0.359. The van der Waals surface area contributed by atoms with Crippen molar-refractivity contribution in [3.63, 3.8) is 0 Å². The molecule has 2 aromatic carbocycles. The predicted octanol–water partition coefficient (Wildman–Crippen LogP) is 2.30. The maximum absolute atomic E-state index is 12.5. The van der Waals surface area contributed by atoms with E-state index in [1.54, 1.807) is 13.8 Å². The zero-order valence-corrected chi connectivity index (χ0v) is 14.6. The molecule has 0 spiro atoms. The summed E-state index contributed by atoms with van der Waals surface area (Å²) in [7, 11) is -3.39. The third-order valence-electron chi connectivity index (χ3n) is 5.41. The fourth-order valence-corrected chi connectivity index (χ4v) is 5.14. The number of hydrogen-bond acceptors (Lipinski definition) is 3. The molecular formula is C19H22N2O2S. The molecule has 0 fully saturated rings. The first-order valence-corrected chi connectivity index (χ1v) is 9.91. The molecule has 0 radical (unpaired) electrons. The van der Waals surface area contributed by atoms with Gasteiger partial charge in [0.25, 0.3) is 0 Å². The first-order chi connectivity index (χ1) is 11.4. The standard InChI is InChI=1S/C19H22N2O2S/c1-11(2)24(22,23)21-19-17-14-9-5-3-7-12(14)16(18(19)20)13-8-4-6-10-15(13)17/h3-11,16-19,21H,20H2,1-2H3/t16?,17?,18-,19+/m1/s1. The van der Waals surface area contributed by atoms with Gasteiger partial charge >= 0.3 is 0 Å². The van der Waals surface area contributed by atoms with Crippen molar-refractivity contribution in [2.45, 2.75) is 43.0 Å². The van der Waals surface area contributed by atoms with Gasteiger partial charge in [0.15, 0.2) is 0 Å². The molecule has 24 heavy (non-hydrogen) atoms. The summed E-state index contributed by atoms with van der Waals surface area (Å²) in [6.07, 6.45) is 0. The van der Waals surface area contributed by atoms with Crippen LogP contribution in [0.4, 0.5) is 0 Å². The average Bonchev–Trinajstić information content (AvgIpc) is 2.56. The Balaban J connectivity index is 1.89. The molecule has 0 aliphatic heterocycles. The minimum absolute atomic E-state index is 0.0299. The van der Waals surface area contributed by atoms with Crippen LogP contribution in [0.1, 0.15) is 47.9 Å². The van der Waals surface area contributed by atoms with E-state index in [1.165, 1.54) is 22.3 Å². The normalized spacial score (nSPS) is 27.8. The Morgan fingerprint density at radius 1 is 0.875 bits per heavy atom. The van der Waals surface area contributed by atoms with Gasteiger partial charge < -0.3 is 5.73 Å². The van der Waals surface area contributed by atoms with Gasteiger partial charge in [0.05, 0.1) is 5.25 Å². The quantitative estimate of drug-likeness (QED) is 0.899. The predicted molar refractivity (Wildman–Crippen MR) is 95.5 cm³/mol. The highest BCUT2D eigenvalue weighted by molar-refractivity contribution is 7.90. The highest BCUT2D eigenvalue weighted by Crippen LogP contribution is 2.52. The van der Waals surface area contributed by atoms with Gasteiger partial charge in [-0.1, -0.05) is 48.5 Å². The maximum Gasteiger partial charge on any atom is 0.214 e. The Kier molecular flexibility index (Phi) is 3.56. The molecule has 3 aliphatic rings. The minimum atomic E-state index is -3.39. The molecule has 2 aromatic rings. The number of nitrogens with two attached hydrogens (primary N) is 1. The summed E-state index contributed by atoms with van der Waals surface area (Å²) in [5.74, 6) is -0.00631. The van der Waals surface area contributed by atoms with Crippen molar-refractivity contribution < 1.29 is 8.42 Å². The topological polar surface area (TPSA) is 72.2 Å². The summed E-state index contributed by atoms with van der Waals surface area (Å²) < 4.78 is 27.9. The van der Waals surface area contributed by atoms with Crippen LogP contribution in [0.25, 0.3) is 0 Å². The summed E-state index contributed by atoms with van der Waals surface area (Å²) in [6, 6.07) is 16.0. The molecule has 0 aromatic heterocycles. The maximum atomic E-state index is 12.5. The average molecular weight is 342 g/mol. The minimum Gasteiger partial charge on any atom is -0.325 e. The van der Waals surface area contributed by atoms with Crippen LogP contribution >= 0.6 is 0 Å². The zero-order chi connectivity index (χ0) is 17.1. The molecule has 2 bridgehead atoms. The molecule has 0 amide bonds. The van der Waals surface area contributed by atoms with Crippen LogP contribution in [0.3, 0.4) is 0 Å². The largest absolute Gasteiger partial charge is 0.325 e. The van der Waals surface area contributed by atoms with E-state index in [4.69, 9.17) is 5.73 Å². The Morgan fingerprint density at radius 3 is 1.71 bits per heavy atom. The molecule has 0 saturated carbocycles. The molecule has 0 heterocycles. The van der Waals surface area contributed by atoms with E-state index in [0.717, 1.165) is 0 Å². The van der Waals surface area contributed by atoms with E-state index >= 15 is 0 Å². The van der Waals surface area contributed by atoms with Crippen molar-refractivity contribution in [3.05, 3.63) is 70.8 Å². The van der Waals surface area contributed by atoms with Crippen molar-refractivity contribution >= 4 is 10.0 Å². The molecule has 3 aliphatic carbocycles. The van der Waals surface area contributed by atoms with E-state index in [-0.39, 0.29) is 23.9 Å². The lowest BCUT2D eigenvalue weighted by Gasteiger charge is -2.49. The number of benzene rings is 2. The fraction of sp³-hybridized carbons (Fsp3) is 0.368. The highest BCUT2D eigenvalue weighted by Gasteiger charge is 2.49. The number of nitrogens with one attached hydrogen (secondary N) is 1. The van der Waals surface area contributed by atoms with Crippen LogP contribution in [-0.4, -0.2) is 25.8 Å². The Morgan fingerprint density at radius 2 is 1.29 bits per heavy atom. The molecular weight excluding hydrogens is 320 g/mol. The summed E-state index contributed by atoms with van der Waals surface area (Å²) in [5.41, 5.74) is 11.4. The van der Waals surface area contributed by atoms with Gasteiger partial charge in [-0.15, -0.1) is 0 Å². The van der Waals surface area contributed by atoms with Gasteiger partial charge in [-0.05, 0) is 36.1 Å². The smallest absolute Gasteiger partial charge is 0.214 e. The highest BCUT2D eigenvalue weighted by atomic mass is 32.2. The molecule has 126 valence electrons. The molecule has 4 nitrogen and oxygen atoms in total. The van der Waals surface area contributed by atoms with Gasteiger partial charge in [-0.2, -0.15) is 0 Å². The van der Waals surface area contributed by atoms with Crippen molar-refractivity contribution in [2.24, 2.45) is 5.73 Å². The van der Waals surface area contributed by atoms with Crippen LogP contribution in [0, 0.1) is 0 Å². The molecule has 0 unspecified atom stereocenters. The SMILES string of the molecule is CC(C)S(=O)(=O)N[C@H]1C2c3ccccc3C(c3ccccc32)[C@H]1N. The fourth-order valence-electron chi connectivity index (χ4n) is 4.19. The molecule has 5 rings (SSSR count). The molecule has 5 heteroatoms. The molecule has 3 N–H and O–H groups in total. The summed E-state index contributed by atoms with van der Waals surface area (Å²) in [4.78, 5) is 0. The third kappa shape index (κ3) is 2.15. The van der Waals surface area contributed by atoms with Gasteiger partial charge in [0, 0.05) is 23.9 Å². The van der Waals surface area contributed by atoms with Crippen LogP contribution < -0.4 is 10.5 Å². The van der Waals surface area contributed by atoms with Crippen molar-refractivity contribution in [1.82, 2.24) is 4.72 Å². The zero-order valence-electron chi connectivity index (χ0n) is 13.8. The second-order valence-corrected chi connectivity index (χ2v) is 9.30. The Hall–Kier alpha value is -1.69. The number of rotatable bonds is 3. The summed E-state index contributed by atoms with van der Waals surface area (Å²) in [5, 5.41) is -0.476. The van der Waals surface area contributed by atoms with Crippen LogP contribution in [0.15, 0.2) is 48.5 Å². The molecule has 2 atom stereocenters. The molecule has 0 saturated heterocycles. The van der Waals surface area contributed by atoms with Crippen molar-refractivity contribution in [1.29, 1.82) is 0 Å². The monoisotopic (exact) mass is 342 g/mol. The van der Waals surface area contributed by atoms with E-state index in [9.17, 15) is 8.42 Å². The first-order valence-electron chi connectivity index (χ1n) is 8.36. The van der Waals surface area contributed by atoms with Crippen LogP contribution in [-0.2, 0) is 10.0 Å². The first kappa shape index (κ1) is 15.8. The lowest BCUT2D eigenvalue weighted by Crippen LogP contribution is -2.60. The van der Waals surface area contributed by atoms with Crippen molar-refractivity contribution in [2.75, 3.05) is 0 Å². The van der Waals surface area contributed by atoms with Gasteiger partial charge in [-0.25, -0.2) is 13.1 Å². The van der Waals surface area contributed by atoms with Gasteiger partial charge in [-0.3, -0.25) is 0 Å². The van der Waals surface area contributed by atoms with Gasteiger partial charge in [0.2, 0.25) is 10.0 Å². The van der Waals surface area contributed by atoms with E-state index < -0.39 is 15.3 Å². The number of sulfonamides is 1. The van der Waals surface area contributed by atoms with Crippen LogP contribution in [0.2, 0.25) is 0 Å². The van der Waals surface area contributed by atoms with Crippen molar-refractivity contribution in [3.8, 4) is 0 Å². The summed E-state index contributed by atoms with van der Waals surface area (Å²) in [6.45, 7) is 3.38. The second-order valence-electron chi connectivity index (χ2n) is 7.03. The summed E-state index contributed by atoms with van der Waals surface area (Å²) >= 11 is 0. The van der Waals surface area contributed by atoms with Gasteiger partial charge in [0.1, 0.15) is 0 Å². The Bertz CT molecular complexity index is 844. The van der Waals surface area contributed by atoms with Crippen LogP contribution in [0.5, 0.6) is 0 Å². The number of hydrogen-bond donors (Lipinski definition) is 2. The second kappa shape index (κ2) is 5.41. The van der Waals surface area contributed by atoms with E-state index in [1.807, 2.05) is 24.3 Å². The van der Waals surface area contributed by atoms with E-state index in [2.05, 4.69) is 29.0 Å². The van der Waals surface area contributed by atoms with E-state index in [0.29, 0.717) is 0 Å². The third-order valence-corrected chi connectivity index (χ3v) is 7.25. The number of fused-ring (bicyclic) bond motifs is 1.